The Kier molecular flexibility index (Phi) is 5.85. The Balaban J connectivity index is 3.07. The normalized spacial score (nSPS) is 10.8. The minimum Gasteiger partial charge on any atom is -0.395 e. The Hall–Kier alpha value is -1.36. The van der Waals surface area contributed by atoms with E-state index in [1.165, 1.54) is 0 Å². The van der Waals surface area contributed by atoms with Gasteiger partial charge in [0.25, 0.3) is 0 Å². The van der Waals surface area contributed by atoms with Crippen LogP contribution in [0.4, 0.5) is 11.6 Å². The van der Waals surface area contributed by atoms with Gasteiger partial charge < -0.3 is 15.3 Å². The van der Waals surface area contributed by atoms with E-state index in [9.17, 15) is 0 Å². The molecule has 5 heteroatoms. The predicted octanol–water partition coefficient (Wildman–Crippen LogP) is 1.85. The Bertz CT molecular complexity index is 362. The molecule has 0 saturated heterocycles. The second-order valence-corrected chi connectivity index (χ2v) is 4.58. The van der Waals surface area contributed by atoms with Crippen LogP contribution in [0.25, 0.3) is 0 Å². The summed E-state index contributed by atoms with van der Waals surface area (Å²) in [6.45, 7) is 7.90. The van der Waals surface area contributed by atoms with E-state index >= 15 is 0 Å². The van der Waals surface area contributed by atoms with Crippen molar-refractivity contribution < 1.29 is 5.11 Å². The lowest BCUT2D eigenvalue weighted by molar-refractivity contribution is 0.301. The summed E-state index contributed by atoms with van der Waals surface area (Å²) < 4.78 is 0. The fourth-order valence-electron chi connectivity index (χ4n) is 1.73. The maximum absolute atomic E-state index is 9.13. The van der Waals surface area contributed by atoms with Gasteiger partial charge in [-0.05, 0) is 6.42 Å². The summed E-state index contributed by atoms with van der Waals surface area (Å²) in [5.74, 6) is 2.82. The average molecular weight is 252 g/mol. The first-order valence-electron chi connectivity index (χ1n) is 6.54. The van der Waals surface area contributed by atoms with Gasteiger partial charge in [0.05, 0.1) is 6.61 Å². The molecule has 0 spiro atoms. The van der Waals surface area contributed by atoms with Gasteiger partial charge in [-0.25, -0.2) is 9.97 Å². The summed E-state index contributed by atoms with van der Waals surface area (Å²) in [5.41, 5.74) is 0. The molecule has 1 aromatic rings. The molecule has 5 nitrogen and oxygen atoms in total. The zero-order valence-electron chi connectivity index (χ0n) is 11.8. The van der Waals surface area contributed by atoms with Gasteiger partial charge >= 0.3 is 0 Å². The molecule has 0 atom stereocenters. The molecule has 0 unspecified atom stereocenters. The monoisotopic (exact) mass is 252 g/mol. The van der Waals surface area contributed by atoms with Crippen LogP contribution in [-0.2, 0) is 0 Å². The molecule has 1 heterocycles. The van der Waals surface area contributed by atoms with E-state index in [-0.39, 0.29) is 12.5 Å². The van der Waals surface area contributed by atoms with Crippen molar-refractivity contribution in [2.45, 2.75) is 33.1 Å². The van der Waals surface area contributed by atoms with Crippen LogP contribution in [0.3, 0.4) is 0 Å². The minimum absolute atomic E-state index is 0.135. The Morgan fingerprint density at radius 3 is 2.56 bits per heavy atom. The Morgan fingerprint density at radius 1 is 1.33 bits per heavy atom. The van der Waals surface area contributed by atoms with Crippen LogP contribution in [0.15, 0.2) is 6.07 Å². The van der Waals surface area contributed by atoms with E-state index in [1.807, 2.05) is 13.1 Å². The van der Waals surface area contributed by atoms with Crippen molar-refractivity contribution in [3.8, 4) is 0 Å². The van der Waals surface area contributed by atoms with Crippen molar-refractivity contribution >= 4 is 11.6 Å². The molecule has 0 aromatic carbocycles. The number of nitrogens with zero attached hydrogens (tertiary/aromatic N) is 3. The Labute approximate surface area is 109 Å². The first-order valence-corrected chi connectivity index (χ1v) is 6.54. The van der Waals surface area contributed by atoms with Crippen molar-refractivity contribution in [3.05, 3.63) is 11.9 Å². The first kappa shape index (κ1) is 14.7. The van der Waals surface area contributed by atoms with E-state index in [2.05, 4.69) is 41.0 Å². The smallest absolute Gasteiger partial charge is 0.135 e. The molecule has 0 saturated carbocycles. The lowest BCUT2D eigenvalue weighted by Crippen LogP contribution is -2.29. The zero-order chi connectivity index (χ0) is 13.5. The van der Waals surface area contributed by atoms with Gasteiger partial charge in [-0.3, -0.25) is 0 Å². The maximum Gasteiger partial charge on any atom is 0.135 e. The quantitative estimate of drug-likeness (QED) is 0.775. The fourth-order valence-corrected chi connectivity index (χ4v) is 1.73. The maximum atomic E-state index is 9.13. The van der Waals surface area contributed by atoms with Gasteiger partial charge in [0.1, 0.15) is 17.5 Å². The van der Waals surface area contributed by atoms with Crippen LogP contribution in [-0.4, -0.2) is 41.8 Å². The number of hydrogen-bond donors (Lipinski definition) is 2. The molecular formula is C13H24N4O. The summed E-state index contributed by atoms with van der Waals surface area (Å²) in [4.78, 5) is 11.1. The molecule has 0 aliphatic carbocycles. The van der Waals surface area contributed by atoms with Crippen molar-refractivity contribution in [3.63, 3.8) is 0 Å². The van der Waals surface area contributed by atoms with E-state index in [1.54, 1.807) is 0 Å². The summed E-state index contributed by atoms with van der Waals surface area (Å²) in [6, 6.07) is 1.93. The molecule has 0 radical (unpaired) electrons. The van der Waals surface area contributed by atoms with Crippen LogP contribution < -0.4 is 10.2 Å². The zero-order valence-corrected chi connectivity index (χ0v) is 11.8. The largest absolute Gasteiger partial charge is 0.395 e. The number of anilines is 2. The molecule has 0 amide bonds. The second-order valence-electron chi connectivity index (χ2n) is 4.58. The molecule has 0 bridgehead atoms. The molecule has 1 aromatic heterocycles. The summed E-state index contributed by atoms with van der Waals surface area (Å²) in [5, 5.41) is 12.2. The third-order valence-electron chi connectivity index (χ3n) is 2.69. The topological polar surface area (TPSA) is 61.3 Å². The van der Waals surface area contributed by atoms with Crippen LogP contribution in [0.5, 0.6) is 0 Å². The third-order valence-corrected chi connectivity index (χ3v) is 2.69. The second kappa shape index (κ2) is 7.16. The number of aromatic nitrogens is 2. The van der Waals surface area contributed by atoms with Crippen LogP contribution >= 0.6 is 0 Å². The molecule has 0 fully saturated rings. The number of aliphatic hydroxyl groups excluding tert-OH is 1. The molecular weight excluding hydrogens is 228 g/mol. The predicted molar refractivity (Wildman–Crippen MR) is 75.3 cm³/mol. The van der Waals surface area contributed by atoms with E-state index < -0.39 is 0 Å². The van der Waals surface area contributed by atoms with Gasteiger partial charge in [-0.15, -0.1) is 0 Å². The van der Waals surface area contributed by atoms with Gasteiger partial charge in [0.2, 0.25) is 0 Å². The lowest BCUT2D eigenvalue weighted by atomic mass is 10.2. The van der Waals surface area contributed by atoms with Gasteiger partial charge in [-0.1, -0.05) is 20.8 Å². The number of aliphatic hydroxyl groups is 1. The number of rotatable bonds is 7. The number of hydrogen-bond acceptors (Lipinski definition) is 5. The average Bonchev–Trinajstić information content (AvgIpc) is 2.37. The molecule has 2 N–H and O–H groups in total. The molecule has 0 aliphatic heterocycles. The van der Waals surface area contributed by atoms with Crippen molar-refractivity contribution in [2.24, 2.45) is 0 Å². The molecule has 0 aliphatic rings. The highest BCUT2D eigenvalue weighted by molar-refractivity contribution is 5.49. The molecule has 1 rings (SSSR count). The lowest BCUT2D eigenvalue weighted by Gasteiger charge is -2.23. The SMILES string of the molecule is CCCN(CCO)c1cc(NC)nc(C(C)C)n1. The molecule has 102 valence electrons. The van der Waals surface area contributed by atoms with E-state index in [0.29, 0.717) is 6.54 Å². The first-order chi connectivity index (χ1) is 8.62. The van der Waals surface area contributed by atoms with Gasteiger partial charge in [0.15, 0.2) is 0 Å². The van der Waals surface area contributed by atoms with Crippen molar-refractivity contribution in [1.29, 1.82) is 0 Å². The highest BCUT2D eigenvalue weighted by Gasteiger charge is 2.12. The Morgan fingerprint density at radius 2 is 2.06 bits per heavy atom. The minimum atomic E-state index is 0.135. The molecule has 18 heavy (non-hydrogen) atoms. The van der Waals surface area contributed by atoms with Gasteiger partial charge in [-0.2, -0.15) is 0 Å². The van der Waals surface area contributed by atoms with Crippen LogP contribution in [0.1, 0.15) is 38.9 Å². The van der Waals surface area contributed by atoms with E-state index in [0.717, 1.165) is 30.4 Å². The highest BCUT2D eigenvalue weighted by atomic mass is 16.3. The summed E-state index contributed by atoms with van der Waals surface area (Å²) >= 11 is 0. The van der Waals surface area contributed by atoms with E-state index in [4.69, 9.17) is 5.11 Å². The van der Waals surface area contributed by atoms with Crippen LogP contribution in [0.2, 0.25) is 0 Å². The fraction of sp³-hybridized carbons (Fsp3) is 0.692. The van der Waals surface area contributed by atoms with Crippen LogP contribution in [0, 0.1) is 0 Å². The summed E-state index contributed by atoms with van der Waals surface area (Å²) in [6.07, 6.45) is 1.02. The third kappa shape index (κ3) is 3.84. The van der Waals surface area contributed by atoms with Gasteiger partial charge in [0, 0.05) is 32.1 Å². The number of nitrogens with one attached hydrogen (secondary N) is 1. The summed E-state index contributed by atoms with van der Waals surface area (Å²) in [7, 11) is 1.85. The standard InChI is InChI=1S/C13H24N4O/c1-5-6-17(7-8-18)12-9-11(14-4)15-13(16-12)10(2)3/h9-10,18H,5-8H2,1-4H3,(H,14,15,16). The van der Waals surface area contributed by atoms with Crippen molar-refractivity contribution in [1.82, 2.24) is 9.97 Å². The highest BCUT2D eigenvalue weighted by Crippen LogP contribution is 2.19. The van der Waals surface area contributed by atoms with Crippen molar-refractivity contribution in [2.75, 3.05) is 37.0 Å².